The van der Waals surface area contributed by atoms with Crippen molar-refractivity contribution in [2.24, 2.45) is 5.92 Å². The van der Waals surface area contributed by atoms with Gasteiger partial charge in [0, 0.05) is 26.2 Å². The molecule has 2 aliphatic rings. The third-order valence-electron chi connectivity index (χ3n) is 5.35. The van der Waals surface area contributed by atoms with E-state index in [9.17, 15) is 14.0 Å². The first-order valence-corrected chi connectivity index (χ1v) is 10.1. The van der Waals surface area contributed by atoms with Crippen molar-refractivity contribution >= 4 is 17.4 Å². The number of piperidine rings is 1. The fraction of sp³-hybridized carbons (Fsp3) is 0.545. The smallest absolute Gasteiger partial charge is 0.277 e. The Morgan fingerprint density at radius 2 is 1.75 bits per heavy atom. The number of benzene rings is 1. The van der Waals surface area contributed by atoms with Crippen LogP contribution in [-0.2, 0) is 14.3 Å². The Labute approximate surface area is 166 Å². The standard InChI is InChI=1S/C22H29FN2O3/c1-15(2)28-14-4-11-25-21(26)19(17-5-7-18(23)8-6-17)20(22(25)27)24-12-9-16(3)10-13-24/h5-8,15-16H,4,9-14H2,1-3H3. The topological polar surface area (TPSA) is 49.9 Å². The van der Waals surface area contributed by atoms with E-state index in [2.05, 4.69) is 6.92 Å². The summed E-state index contributed by atoms with van der Waals surface area (Å²) in [6, 6.07) is 5.81. The SMILES string of the molecule is CC1CCN(C2=C(c3ccc(F)cc3)C(=O)N(CCCOC(C)C)C2=O)CC1. The number of likely N-dealkylation sites (tertiary alicyclic amines) is 1. The van der Waals surface area contributed by atoms with Crippen molar-refractivity contribution in [2.75, 3.05) is 26.2 Å². The largest absolute Gasteiger partial charge is 0.379 e. The first-order chi connectivity index (χ1) is 13.4. The molecule has 0 unspecified atom stereocenters. The summed E-state index contributed by atoms with van der Waals surface area (Å²) in [4.78, 5) is 29.6. The molecule has 3 rings (SSSR count). The zero-order valence-electron chi connectivity index (χ0n) is 16.9. The van der Waals surface area contributed by atoms with Crippen molar-refractivity contribution in [3.8, 4) is 0 Å². The van der Waals surface area contributed by atoms with E-state index in [1.54, 1.807) is 12.1 Å². The van der Waals surface area contributed by atoms with Gasteiger partial charge < -0.3 is 9.64 Å². The monoisotopic (exact) mass is 388 g/mol. The molecule has 0 spiro atoms. The normalized spacial score (nSPS) is 18.8. The Kier molecular flexibility index (Phi) is 6.50. The quantitative estimate of drug-likeness (QED) is 0.530. The van der Waals surface area contributed by atoms with E-state index in [0.717, 1.165) is 25.9 Å². The maximum Gasteiger partial charge on any atom is 0.277 e. The molecule has 2 aliphatic heterocycles. The van der Waals surface area contributed by atoms with Gasteiger partial charge in [0.15, 0.2) is 0 Å². The van der Waals surface area contributed by atoms with Gasteiger partial charge in [0.2, 0.25) is 0 Å². The average molecular weight is 388 g/mol. The number of carbonyl (C=O) groups excluding carboxylic acids is 2. The van der Waals surface area contributed by atoms with Crippen molar-refractivity contribution in [3.63, 3.8) is 0 Å². The fourth-order valence-corrected chi connectivity index (χ4v) is 3.71. The van der Waals surface area contributed by atoms with Crippen LogP contribution in [0.1, 0.15) is 45.6 Å². The number of hydrogen-bond acceptors (Lipinski definition) is 4. The summed E-state index contributed by atoms with van der Waals surface area (Å²) in [7, 11) is 0. The lowest BCUT2D eigenvalue weighted by atomic mass is 9.97. The van der Waals surface area contributed by atoms with Gasteiger partial charge in [0.1, 0.15) is 11.5 Å². The van der Waals surface area contributed by atoms with Crippen LogP contribution in [0.3, 0.4) is 0 Å². The van der Waals surface area contributed by atoms with Crippen LogP contribution in [0.15, 0.2) is 30.0 Å². The van der Waals surface area contributed by atoms with Crippen LogP contribution in [-0.4, -0.2) is 54.0 Å². The Balaban J connectivity index is 1.86. The molecule has 1 fully saturated rings. The Hall–Kier alpha value is -2.21. The number of nitrogens with zero attached hydrogens (tertiary/aromatic N) is 2. The summed E-state index contributed by atoms with van der Waals surface area (Å²) in [5.41, 5.74) is 1.45. The van der Waals surface area contributed by atoms with Gasteiger partial charge in [-0.25, -0.2) is 4.39 Å². The number of imide groups is 1. The van der Waals surface area contributed by atoms with Crippen LogP contribution in [0, 0.1) is 11.7 Å². The van der Waals surface area contributed by atoms with E-state index >= 15 is 0 Å². The second kappa shape index (κ2) is 8.86. The van der Waals surface area contributed by atoms with Gasteiger partial charge in [-0.3, -0.25) is 14.5 Å². The molecule has 1 saturated heterocycles. The van der Waals surface area contributed by atoms with Crippen molar-refractivity contribution in [1.29, 1.82) is 0 Å². The number of hydrogen-bond donors (Lipinski definition) is 0. The van der Waals surface area contributed by atoms with Gasteiger partial charge in [-0.15, -0.1) is 0 Å². The molecule has 0 saturated carbocycles. The molecule has 2 amide bonds. The first kappa shape index (κ1) is 20.5. The summed E-state index contributed by atoms with van der Waals surface area (Å²) in [6.07, 6.45) is 2.69. The summed E-state index contributed by atoms with van der Waals surface area (Å²) in [6.45, 7) is 8.44. The molecule has 6 heteroatoms. The number of ether oxygens (including phenoxy) is 1. The number of rotatable bonds is 7. The average Bonchev–Trinajstić information content (AvgIpc) is 2.91. The second-order valence-corrected chi connectivity index (χ2v) is 7.94. The van der Waals surface area contributed by atoms with Gasteiger partial charge in [0.25, 0.3) is 11.8 Å². The van der Waals surface area contributed by atoms with Gasteiger partial charge >= 0.3 is 0 Å². The second-order valence-electron chi connectivity index (χ2n) is 7.94. The van der Waals surface area contributed by atoms with Gasteiger partial charge in [-0.1, -0.05) is 19.1 Å². The van der Waals surface area contributed by atoms with Gasteiger partial charge in [-0.2, -0.15) is 0 Å². The maximum absolute atomic E-state index is 13.4. The van der Waals surface area contributed by atoms with Gasteiger partial charge in [-0.05, 0) is 56.7 Å². The van der Waals surface area contributed by atoms with E-state index in [4.69, 9.17) is 4.74 Å². The molecule has 1 aromatic carbocycles. The van der Waals surface area contributed by atoms with Crippen LogP contribution < -0.4 is 0 Å². The number of halogens is 1. The Bertz CT molecular complexity index is 750. The van der Waals surface area contributed by atoms with Crippen LogP contribution in [0.25, 0.3) is 5.57 Å². The van der Waals surface area contributed by atoms with Crippen molar-refractivity contribution < 1.29 is 18.7 Å². The summed E-state index contributed by atoms with van der Waals surface area (Å²) >= 11 is 0. The minimum absolute atomic E-state index is 0.115. The van der Waals surface area contributed by atoms with E-state index in [1.165, 1.54) is 17.0 Å². The lowest BCUT2D eigenvalue weighted by molar-refractivity contribution is -0.137. The molecular formula is C22H29FN2O3. The van der Waals surface area contributed by atoms with E-state index in [-0.39, 0.29) is 23.7 Å². The maximum atomic E-state index is 13.4. The zero-order chi connectivity index (χ0) is 20.3. The predicted octanol–water partition coefficient (Wildman–Crippen LogP) is 3.45. The van der Waals surface area contributed by atoms with Crippen LogP contribution in [0.5, 0.6) is 0 Å². The van der Waals surface area contributed by atoms with E-state index in [1.807, 2.05) is 18.7 Å². The fourth-order valence-electron chi connectivity index (χ4n) is 3.71. The van der Waals surface area contributed by atoms with Crippen LogP contribution in [0.2, 0.25) is 0 Å². The highest BCUT2D eigenvalue weighted by Gasteiger charge is 2.41. The molecule has 5 nitrogen and oxygen atoms in total. The lowest BCUT2D eigenvalue weighted by Crippen LogP contribution is -2.39. The molecule has 0 aliphatic carbocycles. The highest BCUT2D eigenvalue weighted by Crippen LogP contribution is 2.34. The first-order valence-electron chi connectivity index (χ1n) is 10.1. The zero-order valence-corrected chi connectivity index (χ0v) is 16.9. The van der Waals surface area contributed by atoms with Crippen molar-refractivity contribution in [3.05, 3.63) is 41.3 Å². The van der Waals surface area contributed by atoms with Gasteiger partial charge in [0.05, 0.1) is 11.7 Å². The molecule has 0 bridgehead atoms. The van der Waals surface area contributed by atoms with Crippen molar-refractivity contribution in [2.45, 2.75) is 46.1 Å². The van der Waals surface area contributed by atoms with Crippen molar-refractivity contribution in [1.82, 2.24) is 9.80 Å². The Morgan fingerprint density at radius 3 is 2.36 bits per heavy atom. The molecule has 0 N–H and O–H groups in total. The highest BCUT2D eigenvalue weighted by atomic mass is 19.1. The summed E-state index contributed by atoms with van der Waals surface area (Å²) in [5.74, 6) is -0.294. The minimum Gasteiger partial charge on any atom is -0.379 e. The molecule has 0 radical (unpaired) electrons. The predicted molar refractivity (Wildman–Crippen MR) is 106 cm³/mol. The molecule has 0 aromatic heterocycles. The molecule has 0 atom stereocenters. The third kappa shape index (κ3) is 4.43. The lowest BCUT2D eigenvalue weighted by Gasteiger charge is -2.32. The van der Waals surface area contributed by atoms with Crippen LogP contribution >= 0.6 is 0 Å². The summed E-state index contributed by atoms with van der Waals surface area (Å²) < 4.78 is 18.9. The van der Waals surface area contributed by atoms with Crippen LogP contribution in [0.4, 0.5) is 4.39 Å². The number of carbonyl (C=O) groups is 2. The molecule has 28 heavy (non-hydrogen) atoms. The molecule has 1 aromatic rings. The van der Waals surface area contributed by atoms with E-state index < -0.39 is 0 Å². The third-order valence-corrected chi connectivity index (χ3v) is 5.35. The molecular weight excluding hydrogens is 359 g/mol. The molecule has 152 valence electrons. The Morgan fingerprint density at radius 1 is 1.11 bits per heavy atom. The minimum atomic E-state index is -0.364. The summed E-state index contributed by atoms with van der Waals surface area (Å²) in [5, 5.41) is 0. The van der Waals surface area contributed by atoms with E-state index in [0.29, 0.717) is 42.3 Å². The molecule has 2 heterocycles. The highest BCUT2D eigenvalue weighted by molar-refractivity contribution is 6.35. The number of amides is 2.